The van der Waals surface area contributed by atoms with E-state index in [9.17, 15) is 9.59 Å². The van der Waals surface area contributed by atoms with Gasteiger partial charge in [0.25, 0.3) is 0 Å². The summed E-state index contributed by atoms with van der Waals surface area (Å²) in [5.74, 6) is 1.65. The van der Waals surface area contributed by atoms with Gasteiger partial charge < -0.3 is 15.7 Å². The predicted molar refractivity (Wildman–Crippen MR) is 80.9 cm³/mol. The number of nitrogens with one attached hydrogen (secondary N) is 2. The Hall–Kier alpha value is -1.40. The van der Waals surface area contributed by atoms with Gasteiger partial charge in [0, 0.05) is 6.54 Å². The van der Waals surface area contributed by atoms with Crippen molar-refractivity contribution in [3.63, 3.8) is 0 Å². The summed E-state index contributed by atoms with van der Waals surface area (Å²) in [5.41, 5.74) is 0.377. The molecule has 0 saturated carbocycles. The molecule has 1 heterocycles. The molecule has 1 aliphatic heterocycles. The second-order valence-electron chi connectivity index (χ2n) is 4.56. The molecule has 108 valence electrons. The third-order valence-corrected chi connectivity index (χ3v) is 4.60. The number of thioether (sulfide) groups is 1. The van der Waals surface area contributed by atoms with Gasteiger partial charge in [-0.1, -0.05) is 11.6 Å². The Labute approximate surface area is 126 Å². The molecule has 7 heteroatoms. The molecule has 3 N–H and O–H groups in total. The van der Waals surface area contributed by atoms with Crippen molar-refractivity contribution in [2.45, 2.75) is 6.42 Å². The molecule has 1 saturated heterocycles. The van der Waals surface area contributed by atoms with E-state index in [1.807, 2.05) is 11.8 Å². The fourth-order valence-corrected chi connectivity index (χ4v) is 3.35. The highest BCUT2D eigenvalue weighted by atomic mass is 35.5. The van der Waals surface area contributed by atoms with Crippen molar-refractivity contribution in [2.75, 3.05) is 23.4 Å². The minimum absolute atomic E-state index is 0.0805. The van der Waals surface area contributed by atoms with E-state index < -0.39 is 5.97 Å². The Kier molecular flexibility index (Phi) is 5.14. The smallest absolute Gasteiger partial charge is 0.335 e. The highest BCUT2D eigenvalue weighted by molar-refractivity contribution is 7.99. The normalized spacial score (nSPS) is 17.8. The molecule has 20 heavy (non-hydrogen) atoms. The van der Waals surface area contributed by atoms with Crippen molar-refractivity contribution in [1.29, 1.82) is 0 Å². The first kappa shape index (κ1) is 15.0. The molecule has 1 unspecified atom stereocenters. The second-order valence-corrected chi connectivity index (χ2v) is 6.12. The zero-order valence-electron chi connectivity index (χ0n) is 10.7. The zero-order valence-corrected chi connectivity index (χ0v) is 12.3. The monoisotopic (exact) mass is 314 g/mol. The maximum Gasteiger partial charge on any atom is 0.335 e. The lowest BCUT2D eigenvalue weighted by Gasteiger charge is -2.12. The fourth-order valence-electron chi connectivity index (χ4n) is 1.90. The Balaban J connectivity index is 1.92. The first-order valence-electron chi connectivity index (χ1n) is 6.21. The van der Waals surface area contributed by atoms with E-state index in [4.69, 9.17) is 16.7 Å². The average molecular weight is 315 g/mol. The first-order valence-corrected chi connectivity index (χ1v) is 7.75. The largest absolute Gasteiger partial charge is 0.478 e. The molecule has 5 nitrogen and oxygen atoms in total. The van der Waals surface area contributed by atoms with Gasteiger partial charge in [-0.25, -0.2) is 9.59 Å². The summed E-state index contributed by atoms with van der Waals surface area (Å²) >= 11 is 7.82. The minimum atomic E-state index is -1.06. The van der Waals surface area contributed by atoms with Crippen molar-refractivity contribution in [3.8, 4) is 0 Å². The van der Waals surface area contributed by atoms with E-state index in [-0.39, 0.29) is 11.6 Å². The maximum atomic E-state index is 11.8. The summed E-state index contributed by atoms with van der Waals surface area (Å²) in [7, 11) is 0. The van der Waals surface area contributed by atoms with E-state index in [0.717, 1.165) is 17.9 Å². The third kappa shape index (κ3) is 4.05. The first-order chi connectivity index (χ1) is 9.56. The highest BCUT2D eigenvalue weighted by Gasteiger charge is 2.16. The van der Waals surface area contributed by atoms with E-state index in [1.54, 1.807) is 0 Å². The molecule has 2 rings (SSSR count). The Bertz CT molecular complexity index is 518. The molecule has 0 radical (unpaired) electrons. The topological polar surface area (TPSA) is 78.4 Å². The number of urea groups is 1. The number of carboxylic acid groups (broad SMARTS) is 1. The van der Waals surface area contributed by atoms with E-state index >= 15 is 0 Å². The predicted octanol–water partition coefficient (Wildman–Crippen LogP) is 2.91. The van der Waals surface area contributed by atoms with Crippen molar-refractivity contribution in [2.24, 2.45) is 5.92 Å². The molecule has 0 spiro atoms. The summed E-state index contributed by atoms with van der Waals surface area (Å²) in [6.45, 7) is 0.620. The van der Waals surface area contributed by atoms with Crippen LogP contribution in [0.2, 0.25) is 5.02 Å². The number of rotatable bonds is 4. The fraction of sp³-hybridized carbons (Fsp3) is 0.385. The van der Waals surface area contributed by atoms with Gasteiger partial charge in [-0.15, -0.1) is 0 Å². The van der Waals surface area contributed by atoms with Crippen LogP contribution in [0.5, 0.6) is 0 Å². The number of carbonyl (C=O) groups is 2. The molecule has 1 atom stereocenters. The van der Waals surface area contributed by atoms with Gasteiger partial charge in [-0.05, 0) is 42.0 Å². The van der Waals surface area contributed by atoms with Crippen LogP contribution in [-0.4, -0.2) is 35.2 Å². The van der Waals surface area contributed by atoms with Crippen LogP contribution in [-0.2, 0) is 0 Å². The van der Waals surface area contributed by atoms with Gasteiger partial charge in [0.15, 0.2) is 0 Å². The molecule has 0 bridgehead atoms. The summed E-state index contributed by atoms with van der Waals surface area (Å²) in [6, 6.07) is 3.82. The lowest BCUT2D eigenvalue weighted by molar-refractivity contribution is 0.0697. The van der Waals surface area contributed by atoms with Gasteiger partial charge in [-0.2, -0.15) is 11.8 Å². The molecular weight excluding hydrogens is 300 g/mol. The number of hydrogen-bond acceptors (Lipinski definition) is 3. The van der Waals surface area contributed by atoms with Crippen molar-refractivity contribution in [3.05, 3.63) is 28.8 Å². The van der Waals surface area contributed by atoms with Crippen LogP contribution in [0.25, 0.3) is 0 Å². The zero-order chi connectivity index (χ0) is 14.5. The molecule has 0 aliphatic carbocycles. The standard InChI is InChI=1S/C13H15ClN2O3S/c14-10-2-1-9(12(17)18)5-11(10)16-13(19)15-6-8-3-4-20-7-8/h1-2,5,8H,3-4,6-7H2,(H,17,18)(H2,15,16,19). The highest BCUT2D eigenvalue weighted by Crippen LogP contribution is 2.24. The van der Waals surface area contributed by atoms with E-state index in [2.05, 4.69) is 10.6 Å². The van der Waals surface area contributed by atoms with Gasteiger partial charge in [-0.3, -0.25) is 0 Å². The summed E-state index contributed by atoms with van der Waals surface area (Å²) < 4.78 is 0. The Morgan fingerprint density at radius 2 is 2.25 bits per heavy atom. The van der Waals surface area contributed by atoms with Crippen molar-refractivity contribution in [1.82, 2.24) is 5.32 Å². The SMILES string of the molecule is O=C(NCC1CCSC1)Nc1cc(C(=O)O)ccc1Cl. The van der Waals surface area contributed by atoms with E-state index in [1.165, 1.54) is 18.2 Å². The number of hydrogen-bond donors (Lipinski definition) is 3. The van der Waals surface area contributed by atoms with Crippen LogP contribution in [0.3, 0.4) is 0 Å². The average Bonchev–Trinajstić information content (AvgIpc) is 2.92. The van der Waals surface area contributed by atoms with Gasteiger partial charge in [0.2, 0.25) is 0 Å². The molecule has 2 amide bonds. The van der Waals surface area contributed by atoms with Gasteiger partial charge in [0.05, 0.1) is 16.3 Å². The minimum Gasteiger partial charge on any atom is -0.478 e. The molecule has 1 aliphatic rings. The number of halogens is 1. The van der Waals surface area contributed by atoms with Crippen LogP contribution < -0.4 is 10.6 Å². The van der Waals surface area contributed by atoms with Crippen LogP contribution in [0, 0.1) is 5.92 Å². The number of aromatic carboxylic acids is 1. The quantitative estimate of drug-likeness (QED) is 0.798. The second kappa shape index (κ2) is 6.85. The number of amides is 2. The lowest BCUT2D eigenvalue weighted by atomic mass is 10.1. The number of carbonyl (C=O) groups excluding carboxylic acids is 1. The summed E-state index contributed by atoms with van der Waals surface area (Å²) in [4.78, 5) is 22.6. The van der Waals surface area contributed by atoms with Crippen LogP contribution >= 0.6 is 23.4 Å². The molecule has 1 aromatic rings. The summed E-state index contributed by atoms with van der Waals surface area (Å²) in [6.07, 6.45) is 1.11. The summed E-state index contributed by atoms with van der Waals surface area (Å²) in [5, 5.41) is 14.6. The van der Waals surface area contributed by atoms with Crippen molar-refractivity contribution < 1.29 is 14.7 Å². The van der Waals surface area contributed by atoms with Crippen LogP contribution in [0.1, 0.15) is 16.8 Å². The number of carboxylic acids is 1. The molecule has 1 aromatic carbocycles. The van der Waals surface area contributed by atoms with Gasteiger partial charge >= 0.3 is 12.0 Å². The maximum absolute atomic E-state index is 11.8. The van der Waals surface area contributed by atoms with Crippen LogP contribution in [0.4, 0.5) is 10.5 Å². The molecule has 0 aromatic heterocycles. The van der Waals surface area contributed by atoms with Gasteiger partial charge in [0.1, 0.15) is 0 Å². The third-order valence-electron chi connectivity index (χ3n) is 3.04. The van der Waals surface area contributed by atoms with E-state index in [0.29, 0.717) is 23.2 Å². The lowest BCUT2D eigenvalue weighted by Crippen LogP contribution is -2.33. The Morgan fingerprint density at radius 3 is 2.90 bits per heavy atom. The number of anilines is 1. The molecule has 1 fully saturated rings. The van der Waals surface area contributed by atoms with Crippen LogP contribution in [0.15, 0.2) is 18.2 Å². The number of benzene rings is 1. The Morgan fingerprint density at radius 1 is 1.45 bits per heavy atom. The van der Waals surface area contributed by atoms with Crippen molar-refractivity contribution >= 4 is 41.1 Å². The molecular formula is C13H15ClN2O3S.